The van der Waals surface area contributed by atoms with E-state index in [0.29, 0.717) is 19.4 Å². The summed E-state index contributed by atoms with van der Waals surface area (Å²) in [5, 5.41) is 0. The number of nitrogens with zero attached hydrogens (tertiary/aromatic N) is 1. The predicted molar refractivity (Wildman–Crippen MR) is 82.7 cm³/mol. The van der Waals surface area contributed by atoms with Gasteiger partial charge < -0.3 is 10.6 Å². The van der Waals surface area contributed by atoms with Gasteiger partial charge in [-0.15, -0.1) is 0 Å². The average molecular weight is 296 g/mol. The van der Waals surface area contributed by atoms with Crippen LogP contribution in [0.3, 0.4) is 0 Å². The molecule has 110 valence electrons. The van der Waals surface area contributed by atoms with Gasteiger partial charge in [0.1, 0.15) is 5.82 Å². The molecule has 0 aromatic heterocycles. The maximum atomic E-state index is 13.2. The zero-order chi connectivity index (χ0) is 15.3. The molecule has 3 nitrogen and oxygen atoms in total. The summed E-state index contributed by atoms with van der Waals surface area (Å²) in [6, 6.07) is 6.21. The van der Waals surface area contributed by atoms with Crippen LogP contribution < -0.4 is 5.73 Å². The Labute approximate surface area is 125 Å². The molecule has 0 aliphatic heterocycles. The van der Waals surface area contributed by atoms with Crippen molar-refractivity contribution in [1.29, 1.82) is 0 Å². The van der Waals surface area contributed by atoms with Crippen LogP contribution in [0.1, 0.15) is 32.3 Å². The average Bonchev–Trinajstić information content (AvgIpc) is 2.40. The number of amides is 1. The van der Waals surface area contributed by atoms with Crippen molar-refractivity contribution in [3.63, 3.8) is 0 Å². The van der Waals surface area contributed by atoms with Crippen molar-refractivity contribution in [3.8, 4) is 0 Å². The molecule has 5 heteroatoms. The quantitative estimate of drug-likeness (QED) is 0.821. The van der Waals surface area contributed by atoms with E-state index >= 15 is 0 Å². The lowest BCUT2D eigenvalue weighted by atomic mass is 9.80. The van der Waals surface area contributed by atoms with Gasteiger partial charge in [0, 0.05) is 13.6 Å². The van der Waals surface area contributed by atoms with Crippen LogP contribution in [0, 0.1) is 11.2 Å². The second kappa shape index (κ2) is 6.79. The lowest BCUT2D eigenvalue weighted by Crippen LogP contribution is -2.48. The minimum atomic E-state index is -0.808. The molecule has 0 atom stereocenters. The molecule has 0 aliphatic carbocycles. The molecule has 20 heavy (non-hydrogen) atoms. The Balaban J connectivity index is 2.93. The topological polar surface area (TPSA) is 46.3 Å². The van der Waals surface area contributed by atoms with Crippen molar-refractivity contribution in [2.24, 2.45) is 11.1 Å². The fraction of sp³-hybridized carbons (Fsp3) is 0.467. The van der Waals surface area contributed by atoms with E-state index in [1.807, 2.05) is 13.8 Å². The highest BCUT2D eigenvalue weighted by Crippen LogP contribution is 2.29. The minimum absolute atomic E-state index is 0.112. The number of thiocarbonyl (C=S) groups is 1. The van der Waals surface area contributed by atoms with Crippen molar-refractivity contribution in [2.45, 2.75) is 33.2 Å². The number of carbonyl (C=O) groups excluding carboxylic acids is 1. The van der Waals surface area contributed by atoms with Gasteiger partial charge in [0.15, 0.2) is 0 Å². The Hall–Kier alpha value is -1.49. The number of halogens is 1. The molecule has 0 bridgehead atoms. The van der Waals surface area contributed by atoms with E-state index in [2.05, 4.69) is 0 Å². The van der Waals surface area contributed by atoms with Crippen LogP contribution in [0.4, 0.5) is 4.39 Å². The third-order valence-corrected chi connectivity index (χ3v) is 4.13. The standard InChI is InChI=1S/C15H21FN2OS/c1-4-15(5-2,13(17)20)14(19)18(3)10-11-7-6-8-12(16)9-11/h6-9H,4-5,10H2,1-3H3,(H2,17,20). The summed E-state index contributed by atoms with van der Waals surface area (Å²) in [4.78, 5) is 14.4. The van der Waals surface area contributed by atoms with Crippen LogP contribution in [0.2, 0.25) is 0 Å². The van der Waals surface area contributed by atoms with Gasteiger partial charge in [-0.2, -0.15) is 0 Å². The number of rotatable bonds is 6. The van der Waals surface area contributed by atoms with Crippen LogP contribution in [-0.2, 0) is 11.3 Å². The van der Waals surface area contributed by atoms with Crippen molar-refractivity contribution < 1.29 is 9.18 Å². The smallest absolute Gasteiger partial charge is 0.235 e. The summed E-state index contributed by atoms with van der Waals surface area (Å²) in [7, 11) is 1.69. The van der Waals surface area contributed by atoms with Crippen molar-refractivity contribution in [1.82, 2.24) is 4.90 Å². The number of carbonyl (C=O) groups is 1. The molecule has 0 fully saturated rings. The highest BCUT2D eigenvalue weighted by Gasteiger charge is 2.39. The summed E-state index contributed by atoms with van der Waals surface area (Å²) in [6.07, 6.45) is 1.12. The molecule has 1 aromatic rings. The van der Waals surface area contributed by atoms with Gasteiger partial charge in [-0.3, -0.25) is 4.79 Å². The summed E-state index contributed by atoms with van der Waals surface area (Å²) < 4.78 is 13.2. The Morgan fingerprint density at radius 2 is 2.00 bits per heavy atom. The molecule has 0 unspecified atom stereocenters. The van der Waals surface area contributed by atoms with E-state index < -0.39 is 5.41 Å². The first-order valence-electron chi connectivity index (χ1n) is 6.67. The van der Waals surface area contributed by atoms with E-state index in [-0.39, 0.29) is 16.7 Å². The lowest BCUT2D eigenvalue weighted by molar-refractivity contribution is -0.137. The fourth-order valence-corrected chi connectivity index (χ4v) is 2.73. The number of hydrogen-bond acceptors (Lipinski definition) is 2. The zero-order valence-electron chi connectivity index (χ0n) is 12.1. The minimum Gasteiger partial charge on any atom is -0.392 e. The van der Waals surface area contributed by atoms with Crippen molar-refractivity contribution in [3.05, 3.63) is 35.6 Å². The van der Waals surface area contributed by atoms with Crippen molar-refractivity contribution in [2.75, 3.05) is 7.05 Å². The first kappa shape index (κ1) is 16.6. The summed E-state index contributed by atoms with van der Waals surface area (Å²) in [5.74, 6) is -0.422. The maximum Gasteiger partial charge on any atom is 0.235 e. The highest BCUT2D eigenvalue weighted by molar-refractivity contribution is 7.80. The third kappa shape index (κ3) is 3.33. The van der Waals surface area contributed by atoms with E-state index in [4.69, 9.17) is 18.0 Å². The Kier molecular flexibility index (Phi) is 5.62. The SMILES string of the molecule is CCC(CC)(C(=O)N(C)Cc1cccc(F)c1)C(N)=S. The molecular weight excluding hydrogens is 275 g/mol. The summed E-state index contributed by atoms with van der Waals surface area (Å²) in [6.45, 7) is 4.13. The second-order valence-corrected chi connectivity index (χ2v) is 5.38. The van der Waals surface area contributed by atoms with E-state index in [1.54, 1.807) is 24.1 Å². The number of nitrogens with two attached hydrogens (primary N) is 1. The lowest BCUT2D eigenvalue weighted by Gasteiger charge is -2.33. The predicted octanol–water partition coefficient (Wildman–Crippen LogP) is 2.88. The van der Waals surface area contributed by atoms with E-state index in [9.17, 15) is 9.18 Å². The monoisotopic (exact) mass is 296 g/mol. The molecule has 2 N–H and O–H groups in total. The van der Waals surface area contributed by atoms with Gasteiger partial charge in [0.25, 0.3) is 0 Å². The number of benzene rings is 1. The van der Waals surface area contributed by atoms with Crippen LogP contribution in [0.5, 0.6) is 0 Å². The van der Waals surface area contributed by atoms with Crippen LogP contribution in [0.25, 0.3) is 0 Å². The molecule has 1 aromatic carbocycles. The molecule has 0 radical (unpaired) electrons. The molecule has 0 aliphatic rings. The maximum absolute atomic E-state index is 13.2. The van der Waals surface area contributed by atoms with Gasteiger partial charge in [-0.25, -0.2) is 4.39 Å². The van der Waals surface area contributed by atoms with Crippen LogP contribution in [-0.4, -0.2) is 22.8 Å². The first-order valence-corrected chi connectivity index (χ1v) is 7.08. The molecular formula is C15H21FN2OS. The fourth-order valence-electron chi connectivity index (χ4n) is 2.35. The molecule has 1 rings (SSSR count). The Bertz CT molecular complexity index is 500. The van der Waals surface area contributed by atoms with Gasteiger partial charge in [-0.05, 0) is 30.5 Å². The number of hydrogen-bond donors (Lipinski definition) is 1. The summed E-state index contributed by atoms with van der Waals surface area (Å²) in [5.41, 5.74) is 5.71. The van der Waals surface area contributed by atoms with Gasteiger partial charge >= 0.3 is 0 Å². The largest absolute Gasteiger partial charge is 0.392 e. The normalized spacial score (nSPS) is 11.2. The van der Waals surface area contributed by atoms with Crippen LogP contribution in [0.15, 0.2) is 24.3 Å². The van der Waals surface area contributed by atoms with E-state index in [1.165, 1.54) is 12.1 Å². The molecule has 0 saturated heterocycles. The van der Waals surface area contributed by atoms with Crippen LogP contribution >= 0.6 is 12.2 Å². The van der Waals surface area contributed by atoms with E-state index in [0.717, 1.165) is 5.56 Å². The highest BCUT2D eigenvalue weighted by atomic mass is 32.1. The van der Waals surface area contributed by atoms with Gasteiger partial charge in [-0.1, -0.05) is 38.2 Å². The summed E-state index contributed by atoms with van der Waals surface area (Å²) >= 11 is 5.08. The Morgan fingerprint density at radius 3 is 2.45 bits per heavy atom. The van der Waals surface area contributed by atoms with Gasteiger partial charge in [0.2, 0.25) is 5.91 Å². The Morgan fingerprint density at radius 1 is 1.40 bits per heavy atom. The van der Waals surface area contributed by atoms with Gasteiger partial charge in [0.05, 0.1) is 10.4 Å². The second-order valence-electron chi connectivity index (χ2n) is 4.94. The molecule has 1 amide bonds. The third-order valence-electron chi connectivity index (χ3n) is 3.74. The zero-order valence-corrected chi connectivity index (χ0v) is 13.0. The first-order chi connectivity index (χ1) is 9.37. The molecule has 0 heterocycles. The molecule has 0 saturated carbocycles. The van der Waals surface area contributed by atoms with Crippen molar-refractivity contribution >= 4 is 23.1 Å². The molecule has 0 spiro atoms.